The average Bonchev–Trinajstić information content (AvgIpc) is 3.10. The maximum Gasteiger partial charge on any atom is 0.274 e. The number of aliphatic hydroxyl groups excluding tert-OH is 1. The maximum absolute atomic E-state index is 12.6. The van der Waals surface area contributed by atoms with Crippen molar-refractivity contribution in [3.63, 3.8) is 0 Å². The number of rotatable bonds is 2. The van der Waals surface area contributed by atoms with Crippen LogP contribution in [0.5, 0.6) is 5.75 Å². The number of thiophene rings is 1. The highest BCUT2D eigenvalue weighted by molar-refractivity contribution is 7.10. The summed E-state index contributed by atoms with van der Waals surface area (Å²) in [5.41, 5.74) is -0.825. The van der Waals surface area contributed by atoms with Crippen LogP contribution in [0.2, 0.25) is 0 Å². The molecule has 1 aliphatic heterocycles. The molecule has 0 aliphatic carbocycles. The van der Waals surface area contributed by atoms with Gasteiger partial charge in [0.05, 0.1) is 10.9 Å². The summed E-state index contributed by atoms with van der Waals surface area (Å²) in [7, 11) is 0. The van der Waals surface area contributed by atoms with E-state index in [9.17, 15) is 9.90 Å². The van der Waals surface area contributed by atoms with Gasteiger partial charge in [0.25, 0.3) is 5.91 Å². The van der Waals surface area contributed by atoms with Crippen LogP contribution in [0.1, 0.15) is 61.8 Å². The van der Waals surface area contributed by atoms with Gasteiger partial charge in [-0.2, -0.15) is 0 Å². The number of nitrogens with one attached hydrogen (secondary N) is 1. The second-order valence-corrected chi connectivity index (χ2v) is 8.52. The van der Waals surface area contributed by atoms with Gasteiger partial charge in [-0.05, 0) is 25.3 Å². The van der Waals surface area contributed by atoms with E-state index in [0.29, 0.717) is 11.5 Å². The van der Waals surface area contributed by atoms with Gasteiger partial charge in [-0.1, -0.05) is 25.9 Å². The summed E-state index contributed by atoms with van der Waals surface area (Å²) in [5.74, 6) is 0.948. The van der Waals surface area contributed by atoms with Crippen LogP contribution in [-0.4, -0.2) is 27.9 Å². The van der Waals surface area contributed by atoms with E-state index in [1.54, 1.807) is 19.9 Å². The molecule has 2 N–H and O–H groups in total. The van der Waals surface area contributed by atoms with Crippen LogP contribution >= 0.6 is 11.3 Å². The van der Waals surface area contributed by atoms with Crippen molar-refractivity contribution in [2.24, 2.45) is 0 Å². The lowest BCUT2D eigenvalue weighted by Gasteiger charge is -2.40. The summed E-state index contributed by atoms with van der Waals surface area (Å²) in [6.45, 7) is 9.55. The largest absolute Gasteiger partial charge is 0.484 e. The second kappa shape index (κ2) is 5.60. The van der Waals surface area contributed by atoms with Crippen LogP contribution in [0.4, 0.5) is 0 Å². The number of hydrogen-bond acceptors (Lipinski definition) is 6. The van der Waals surface area contributed by atoms with Crippen LogP contribution in [0, 0.1) is 0 Å². The Morgan fingerprint density at radius 3 is 2.75 bits per heavy atom. The molecular weight excluding hydrogens is 328 g/mol. The fourth-order valence-corrected chi connectivity index (χ4v) is 3.50. The lowest BCUT2D eigenvalue weighted by molar-refractivity contribution is -0.0612. The fourth-order valence-electron chi connectivity index (χ4n) is 2.60. The molecule has 2 atom stereocenters. The molecule has 130 valence electrons. The number of aromatic nitrogens is 1. The van der Waals surface area contributed by atoms with Crippen molar-refractivity contribution in [3.05, 3.63) is 33.8 Å². The molecule has 0 saturated heterocycles. The van der Waals surface area contributed by atoms with Gasteiger partial charge in [-0.15, -0.1) is 11.3 Å². The van der Waals surface area contributed by atoms with Crippen molar-refractivity contribution in [3.8, 4) is 5.75 Å². The second-order valence-electron chi connectivity index (χ2n) is 7.58. The summed E-state index contributed by atoms with van der Waals surface area (Å²) >= 11 is 1.44. The molecule has 1 aliphatic rings. The average molecular weight is 350 g/mol. The van der Waals surface area contributed by atoms with E-state index >= 15 is 0 Å². The van der Waals surface area contributed by atoms with Gasteiger partial charge in [-0.3, -0.25) is 4.79 Å². The Bertz CT molecular complexity index is 757. The van der Waals surface area contributed by atoms with E-state index in [-0.39, 0.29) is 17.0 Å². The predicted octanol–water partition coefficient (Wildman–Crippen LogP) is 3.04. The number of carbonyl (C=O) groups is 1. The highest BCUT2D eigenvalue weighted by Crippen LogP contribution is 2.43. The Balaban J connectivity index is 1.85. The topological polar surface area (TPSA) is 84.6 Å². The van der Waals surface area contributed by atoms with E-state index < -0.39 is 17.7 Å². The lowest BCUT2D eigenvalue weighted by Crippen LogP contribution is -2.53. The number of carbonyl (C=O) groups excluding carboxylic acids is 1. The summed E-state index contributed by atoms with van der Waals surface area (Å²) in [6, 6.07) is 2.94. The van der Waals surface area contributed by atoms with E-state index in [1.165, 1.54) is 11.3 Å². The van der Waals surface area contributed by atoms with Crippen LogP contribution < -0.4 is 10.1 Å². The zero-order valence-electron chi connectivity index (χ0n) is 14.4. The predicted molar refractivity (Wildman–Crippen MR) is 90.4 cm³/mol. The quantitative estimate of drug-likeness (QED) is 0.870. The molecular formula is C17H22N2O4S. The normalized spacial score (nSPS) is 22.6. The minimum atomic E-state index is -0.874. The molecule has 2 aromatic heterocycles. The van der Waals surface area contributed by atoms with Crippen LogP contribution in [0.25, 0.3) is 0 Å². The molecule has 0 fully saturated rings. The molecule has 3 heterocycles. The van der Waals surface area contributed by atoms with Crippen molar-refractivity contribution in [2.45, 2.75) is 57.8 Å². The van der Waals surface area contributed by atoms with Crippen LogP contribution in [-0.2, 0) is 5.41 Å². The standard InChI is InChI=1S/C17H22N2O4S/c1-16(2,3)11-8-9(19-23-11)15(21)18-12-13-10(6-7-24-13)22-17(4,5)14(12)20/h6-8,12,14,20H,1-5H3,(H,18,21)/t12-,14+/m0/s1. The van der Waals surface area contributed by atoms with E-state index in [2.05, 4.69) is 10.5 Å². The highest BCUT2D eigenvalue weighted by atomic mass is 32.1. The Morgan fingerprint density at radius 2 is 2.12 bits per heavy atom. The lowest BCUT2D eigenvalue weighted by atomic mass is 9.90. The fraction of sp³-hybridized carbons (Fsp3) is 0.529. The number of amides is 1. The molecule has 2 aromatic rings. The van der Waals surface area contributed by atoms with Crippen molar-refractivity contribution >= 4 is 17.2 Å². The molecule has 7 heteroatoms. The molecule has 3 rings (SSSR count). The minimum absolute atomic E-state index is 0.203. The SMILES string of the molecule is CC(C)(C)c1cc(C(=O)N[C@H]2c3sccc3OC(C)(C)[C@@H]2O)no1. The molecule has 0 bridgehead atoms. The van der Waals surface area contributed by atoms with E-state index in [1.807, 2.05) is 32.2 Å². The smallest absolute Gasteiger partial charge is 0.274 e. The molecule has 0 saturated carbocycles. The molecule has 6 nitrogen and oxygen atoms in total. The van der Waals surface area contributed by atoms with Crippen LogP contribution in [0.3, 0.4) is 0 Å². The molecule has 1 amide bonds. The molecule has 0 unspecified atom stereocenters. The summed E-state index contributed by atoms with van der Waals surface area (Å²) < 4.78 is 11.1. The van der Waals surface area contributed by atoms with E-state index in [0.717, 1.165) is 4.88 Å². The molecule has 24 heavy (non-hydrogen) atoms. The summed E-state index contributed by atoms with van der Waals surface area (Å²) in [4.78, 5) is 13.4. The maximum atomic E-state index is 12.6. The van der Waals surface area contributed by atoms with Crippen molar-refractivity contribution in [1.82, 2.24) is 10.5 Å². The van der Waals surface area contributed by atoms with Gasteiger partial charge in [-0.25, -0.2) is 0 Å². The molecule has 0 spiro atoms. The third-order valence-electron chi connectivity index (χ3n) is 4.11. The van der Waals surface area contributed by atoms with Gasteiger partial charge < -0.3 is 19.7 Å². The van der Waals surface area contributed by atoms with Gasteiger partial charge in [0.15, 0.2) is 5.69 Å². The monoisotopic (exact) mass is 350 g/mol. The number of hydrogen-bond donors (Lipinski definition) is 2. The third-order valence-corrected chi connectivity index (χ3v) is 5.09. The van der Waals surface area contributed by atoms with Gasteiger partial charge in [0, 0.05) is 11.5 Å². The summed E-state index contributed by atoms with van der Waals surface area (Å²) in [6.07, 6.45) is -0.874. The Hall–Kier alpha value is -1.86. The van der Waals surface area contributed by atoms with Gasteiger partial charge in [0.1, 0.15) is 23.2 Å². The first-order valence-electron chi connectivity index (χ1n) is 7.82. The number of ether oxygens (including phenoxy) is 1. The molecule has 0 radical (unpaired) electrons. The first-order valence-corrected chi connectivity index (χ1v) is 8.70. The number of aliphatic hydroxyl groups is 1. The third kappa shape index (κ3) is 2.93. The minimum Gasteiger partial charge on any atom is -0.484 e. The Kier molecular flexibility index (Phi) is 3.96. The Morgan fingerprint density at radius 1 is 1.42 bits per heavy atom. The van der Waals surface area contributed by atoms with Crippen molar-refractivity contribution in [1.29, 1.82) is 0 Å². The zero-order chi connectivity index (χ0) is 17.7. The van der Waals surface area contributed by atoms with Gasteiger partial charge in [0.2, 0.25) is 0 Å². The number of fused-ring (bicyclic) bond motifs is 1. The Labute approximate surface area is 144 Å². The first-order chi connectivity index (χ1) is 11.1. The summed E-state index contributed by atoms with van der Waals surface area (Å²) in [5, 5.41) is 19.2. The van der Waals surface area contributed by atoms with Gasteiger partial charge >= 0.3 is 0 Å². The first kappa shape index (κ1) is 17.0. The van der Waals surface area contributed by atoms with Crippen molar-refractivity contribution in [2.75, 3.05) is 0 Å². The van der Waals surface area contributed by atoms with Crippen LogP contribution in [0.15, 0.2) is 22.0 Å². The molecule has 0 aromatic carbocycles. The van der Waals surface area contributed by atoms with Crippen molar-refractivity contribution < 1.29 is 19.2 Å². The number of nitrogens with zero attached hydrogens (tertiary/aromatic N) is 1. The highest BCUT2D eigenvalue weighted by Gasteiger charge is 2.44. The van der Waals surface area contributed by atoms with E-state index in [4.69, 9.17) is 9.26 Å². The zero-order valence-corrected chi connectivity index (χ0v) is 15.2.